The number of anilines is 1. The number of esters is 1. The molecule has 170 valence electrons. The van der Waals surface area contributed by atoms with Crippen LogP contribution in [0, 0.1) is 0 Å². The summed E-state index contributed by atoms with van der Waals surface area (Å²) in [5, 5.41) is 5.71. The van der Waals surface area contributed by atoms with Crippen LogP contribution in [0.4, 0.5) is 5.69 Å². The predicted octanol–water partition coefficient (Wildman–Crippen LogP) is 4.12. The fraction of sp³-hybridized carbons (Fsp3) is 0.192. The number of benzene rings is 3. The Balaban J connectivity index is 1.47. The summed E-state index contributed by atoms with van der Waals surface area (Å²) in [6.45, 7) is 1.70. The molecule has 0 aliphatic rings. The van der Waals surface area contributed by atoms with E-state index >= 15 is 0 Å². The maximum Gasteiger partial charge on any atom is 0.308 e. The fourth-order valence-electron chi connectivity index (χ4n) is 3.15. The minimum absolute atomic E-state index is 0.0390. The third kappa shape index (κ3) is 7.50. The molecule has 7 nitrogen and oxygen atoms in total. The van der Waals surface area contributed by atoms with Crippen LogP contribution in [-0.2, 0) is 22.6 Å². The molecule has 0 bridgehead atoms. The summed E-state index contributed by atoms with van der Waals surface area (Å²) >= 11 is 0. The standard InChI is InChI=1S/C26H26N2O5/c1-18(29)33-24-8-4-6-21(16-24)26(31)28-22-12-9-20(10-13-22)17-27-25(30)14-11-19-5-3-7-23(15-19)32-2/h3-10,12-13,15-16H,11,14,17H2,1-2H3,(H,27,30)(H,28,31). The number of carbonyl (C=O) groups is 3. The van der Waals surface area contributed by atoms with Crippen LogP contribution >= 0.6 is 0 Å². The molecule has 2 amide bonds. The van der Waals surface area contributed by atoms with Crippen LogP contribution in [0.2, 0.25) is 0 Å². The van der Waals surface area contributed by atoms with E-state index in [1.807, 2.05) is 36.4 Å². The third-order valence-electron chi connectivity index (χ3n) is 4.83. The van der Waals surface area contributed by atoms with E-state index in [0.717, 1.165) is 16.9 Å². The molecule has 0 aromatic heterocycles. The van der Waals surface area contributed by atoms with Crippen LogP contribution in [0.3, 0.4) is 0 Å². The molecular weight excluding hydrogens is 420 g/mol. The highest BCUT2D eigenvalue weighted by Crippen LogP contribution is 2.17. The Bertz CT molecular complexity index is 1130. The molecule has 0 aliphatic heterocycles. The molecule has 3 aromatic carbocycles. The number of hydrogen-bond acceptors (Lipinski definition) is 5. The van der Waals surface area contributed by atoms with Gasteiger partial charge in [0.25, 0.3) is 5.91 Å². The molecule has 0 aliphatic carbocycles. The topological polar surface area (TPSA) is 93.7 Å². The molecule has 0 unspecified atom stereocenters. The Morgan fingerprint density at radius 1 is 0.848 bits per heavy atom. The fourth-order valence-corrected chi connectivity index (χ4v) is 3.15. The van der Waals surface area contributed by atoms with Crippen molar-refractivity contribution in [3.05, 3.63) is 89.5 Å². The van der Waals surface area contributed by atoms with Gasteiger partial charge in [-0.25, -0.2) is 0 Å². The molecule has 0 atom stereocenters. The molecular formula is C26H26N2O5. The van der Waals surface area contributed by atoms with Gasteiger partial charge < -0.3 is 20.1 Å². The first-order valence-corrected chi connectivity index (χ1v) is 10.5. The lowest BCUT2D eigenvalue weighted by molar-refractivity contribution is -0.131. The molecule has 0 saturated heterocycles. The van der Waals surface area contributed by atoms with Crippen LogP contribution in [0.5, 0.6) is 11.5 Å². The van der Waals surface area contributed by atoms with Crippen molar-refractivity contribution < 1.29 is 23.9 Å². The Kier molecular flexibility index (Phi) is 8.18. The van der Waals surface area contributed by atoms with Gasteiger partial charge in [-0.2, -0.15) is 0 Å². The van der Waals surface area contributed by atoms with Crippen molar-refractivity contribution in [2.24, 2.45) is 0 Å². The quantitative estimate of drug-likeness (QED) is 0.381. The summed E-state index contributed by atoms with van der Waals surface area (Å²) in [6, 6.07) is 21.3. The first-order valence-electron chi connectivity index (χ1n) is 10.5. The van der Waals surface area contributed by atoms with Crippen molar-refractivity contribution in [1.82, 2.24) is 5.32 Å². The van der Waals surface area contributed by atoms with E-state index < -0.39 is 5.97 Å². The molecule has 2 N–H and O–H groups in total. The van der Waals surface area contributed by atoms with Crippen LogP contribution < -0.4 is 20.1 Å². The molecule has 3 rings (SSSR count). The van der Waals surface area contributed by atoms with E-state index in [4.69, 9.17) is 9.47 Å². The third-order valence-corrected chi connectivity index (χ3v) is 4.83. The number of aryl methyl sites for hydroxylation is 1. The maximum absolute atomic E-state index is 12.5. The van der Waals surface area contributed by atoms with Gasteiger partial charge in [0.2, 0.25) is 5.91 Å². The number of methoxy groups -OCH3 is 1. The lowest BCUT2D eigenvalue weighted by Gasteiger charge is -2.09. The van der Waals surface area contributed by atoms with E-state index in [1.54, 1.807) is 37.4 Å². The van der Waals surface area contributed by atoms with Gasteiger partial charge in [0.1, 0.15) is 11.5 Å². The van der Waals surface area contributed by atoms with E-state index in [0.29, 0.717) is 36.4 Å². The minimum Gasteiger partial charge on any atom is -0.497 e. The monoisotopic (exact) mass is 446 g/mol. The highest BCUT2D eigenvalue weighted by atomic mass is 16.5. The lowest BCUT2D eigenvalue weighted by atomic mass is 10.1. The van der Waals surface area contributed by atoms with Gasteiger partial charge in [0.15, 0.2) is 0 Å². The zero-order valence-electron chi connectivity index (χ0n) is 18.6. The van der Waals surface area contributed by atoms with Gasteiger partial charge >= 0.3 is 5.97 Å². The summed E-state index contributed by atoms with van der Waals surface area (Å²) in [4.78, 5) is 35.7. The van der Waals surface area contributed by atoms with Crippen LogP contribution in [0.15, 0.2) is 72.8 Å². The number of rotatable bonds is 9. The van der Waals surface area contributed by atoms with Gasteiger partial charge in [-0.05, 0) is 60.0 Å². The first-order chi connectivity index (χ1) is 15.9. The van der Waals surface area contributed by atoms with Crippen molar-refractivity contribution in [2.75, 3.05) is 12.4 Å². The largest absolute Gasteiger partial charge is 0.497 e. The Labute approximate surface area is 192 Å². The van der Waals surface area contributed by atoms with Crippen molar-refractivity contribution in [3.8, 4) is 11.5 Å². The van der Waals surface area contributed by atoms with Crippen molar-refractivity contribution >= 4 is 23.5 Å². The van der Waals surface area contributed by atoms with Crippen LogP contribution in [0.25, 0.3) is 0 Å². The molecule has 0 spiro atoms. The summed E-state index contributed by atoms with van der Waals surface area (Å²) < 4.78 is 10.2. The van der Waals surface area contributed by atoms with Crippen molar-refractivity contribution in [1.29, 1.82) is 0 Å². The normalized spacial score (nSPS) is 10.2. The SMILES string of the molecule is COc1cccc(CCC(=O)NCc2ccc(NC(=O)c3cccc(OC(C)=O)c3)cc2)c1. The summed E-state index contributed by atoms with van der Waals surface area (Å²) in [5.41, 5.74) is 2.95. The van der Waals surface area contributed by atoms with Crippen molar-refractivity contribution in [3.63, 3.8) is 0 Å². The molecule has 0 saturated carbocycles. The lowest BCUT2D eigenvalue weighted by Crippen LogP contribution is -2.23. The second kappa shape index (κ2) is 11.5. The van der Waals surface area contributed by atoms with Gasteiger partial charge in [-0.3, -0.25) is 14.4 Å². The summed E-state index contributed by atoms with van der Waals surface area (Å²) in [5.74, 6) is 0.283. The average molecular weight is 447 g/mol. The Morgan fingerprint density at radius 3 is 2.30 bits per heavy atom. The number of ether oxygens (including phenoxy) is 2. The Morgan fingerprint density at radius 2 is 1.58 bits per heavy atom. The zero-order chi connectivity index (χ0) is 23.6. The predicted molar refractivity (Wildman–Crippen MR) is 125 cm³/mol. The smallest absolute Gasteiger partial charge is 0.308 e. The van der Waals surface area contributed by atoms with E-state index in [9.17, 15) is 14.4 Å². The first kappa shape index (κ1) is 23.5. The van der Waals surface area contributed by atoms with Gasteiger partial charge in [0, 0.05) is 31.1 Å². The number of carbonyl (C=O) groups excluding carboxylic acids is 3. The molecule has 0 fully saturated rings. The van der Waals surface area contributed by atoms with E-state index in [1.165, 1.54) is 13.0 Å². The maximum atomic E-state index is 12.5. The molecule has 0 heterocycles. The highest BCUT2D eigenvalue weighted by Gasteiger charge is 2.09. The number of hydrogen-bond donors (Lipinski definition) is 2. The molecule has 33 heavy (non-hydrogen) atoms. The molecule has 7 heteroatoms. The highest BCUT2D eigenvalue weighted by molar-refractivity contribution is 6.04. The number of nitrogens with one attached hydrogen (secondary N) is 2. The van der Waals surface area contributed by atoms with Gasteiger partial charge in [-0.1, -0.05) is 30.3 Å². The van der Waals surface area contributed by atoms with Gasteiger partial charge in [0.05, 0.1) is 7.11 Å². The van der Waals surface area contributed by atoms with Crippen LogP contribution in [0.1, 0.15) is 34.8 Å². The van der Waals surface area contributed by atoms with Crippen LogP contribution in [-0.4, -0.2) is 24.9 Å². The summed E-state index contributed by atoms with van der Waals surface area (Å²) in [6.07, 6.45) is 1.01. The minimum atomic E-state index is -0.449. The average Bonchev–Trinajstić information content (AvgIpc) is 2.82. The molecule has 0 radical (unpaired) electrons. The van der Waals surface area contributed by atoms with E-state index in [2.05, 4.69) is 10.6 Å². The Hall–Kier alpha value is -4.13. The van der Waals surface area contributed by atoms with Gasteiger partial charge in [-0.15, -0.1) is 0 Å². The van der Waals surface area contributed by atoms with E-state index in [-0.39, 0.29) is 11.8 Å². The molecule has 3 aromatic rings. The second-order valence-corrected chi connectivity index (χ2v) is 7.40. The zero-order valence-corrected chi connectivity index (χ0v) is 18.6. The second-order valence-electron chi connectivity index (χ2n) is 7.40. The number of amides is 2. The van der Waals surface area contributed by atoms with Crippen molar-refractivity contribution in [2.45, 2.75) is 26.3 Å². The summed E-state index contributed by atoms with van der Waals surface area (Å²) in [7, 11) is 1.62.